The molecule has 0 spiro atoms. The average Bonchev–Trinajstić information content (AvgIpc) is 3.14. The van der Waals surface area contributed by atoms with Gasteiger partial charge in [0.1, 0.15) is 12.4 Å². The molecule has 0 aliphatic rings. The van der Waals surface area contributed by atoms with Gasteiger partial charge < -0.3 is 19.9 Å². The number of benzene rings is 2. The average molecular weight is 380 g/mol. The van der Waals surface area contributed by atoms with Gasteiger partial charge in [0, 0.05) is 17.3 Å². The Kier molecular flexibility index (Phi) is 6.17. The van der Waals surface area contributed by atoms with Crippen LogP contribution >= 0.6 is 12.2 Å². The molecule has 0 unspecified atom stereocenters. The van der Waals surface area contributed by atoms with Crippen molar-refractivity contribution in [3.05, 3.63) is 72.6 Å². The van der Waals surface area contributed by atoms with Crippen molar-refractivity contribution in [1.29, 1.82) is 0 Å². The Balaban J connectivity index is 1.55. The minimum absolute atomic E-state index is 0.331. The summed E-state index contributed by atoms with van der Waals surface area (Å²) in [6.45, 7) is 6.43. The second kappa shape index (κ2) is 8.95. The third-order valence-electron chi connectivity index (χ3n) is 3.71. The highest BCUT2D eigenvalue weighted by molar-refractivity contribution is 7.80. The summed E-state index contributed by atoms with van der Waals surface area (Å²) >= 11 is 5.32. The zero-order valence-electron chi connectivity index (χ0n) is 14.9. The molecule has 0 saturated carbocycles. The predicted molar refractivity (Wildman–Crippen MR) is 110 cm³/mol. The monoisotopic (exact) mass is 380 g/mol. The van der Waals surface area contributed by atoms with Gasteiger partial charge >= 0.3 is 0 Å². The highest BCUT2D eigenvalue weighted by atomic mass is 32.1. The lowest BCUT2D eigenvalue weighted by molar-refractivity contribution is 0.363. The van der Waals surface area contributed by atoms with Gasteiger partial charge in [-0.05, 0) is 36.8 Å². The minimum Gasteiger partial charge on any atom is -0.489 e. The van der Waals surface area contributed by atoms with Crippen molar-refractivity contribution < 1.29 is 9.26 Å². The molecule has 0 atom stereocenters. The van der Waals surface area contributed by atoms with E-state index in [1.54, 1.807) is 6.08 Å². The number of hydrogen-bond donors (Lipinski definition) is 2. The molecular formula is C20H20N4O2S. The van der Waals surface area contributed by atoms with E-state index in [9.17, 15) is 0 Å². The van der Waals surface area contributed by atoms with Gasteiger partial charge in [0.25, 0.3) is 0 Å². The fourth-order valence-corrected chi connectivity index (χ4v) is 2.60. The Bertz CT molecular complexity index is 939. The van der Waals surface area contributed by atoms with Crippen molar-refractivity contribution in [2.24, 2.45) is 0 Å². The van der Waals surface area contributed by atoms with Gasteiger partial charge in [-0.3, -0.25) is 0 Å². The molecule has 1 heterocycles. The first-order valence-electron chi connectivity index (χ1n) is 8.43. The van der Waals surface area contributed by atoms with E-state index in [0.717, 1.165) is 22.6 Å². The van der Waals surface area contributed by atoms with Gasteiger partial charge in [-0.1, -0.05) is 48.1 Å². The van der Waals surface area contributed by atoms with Crippen LogP contribution in [-0.2, 0) is 6.54 Å². The van der Waals surface area contributed by atoms with Crippen molar-refractivity contribution in [3.8, 4) is 17.1 Å². The van der Waals surface area contributed by atoms with Crippen LogP contribution in [0.4, 0.5) is 5.69 Å². The fourth-order valence-electron chi connectivity index (χ4n) is 2.41. The Hall–Kier alpha value is -3.19. The van der Waals surface area contributed by atoms with Crippen LogP contribution in [0.3, 0.4) is 0 Å². The minimum atomic E-state index is 0.331. The quantitative estimate of drug-likeness (QED) is 0.472. The van der Waals surface area contributed by atoms with E-state index in [0.29, 0.717) is 30.0 Å². The summed E-state index contributed by atoms with van der Waals surface area (Å²) in [5.74, 6) is 1.76. The third-order valence-corrected chi connectivity index (χ3v) is 3.96. The number of aryl methyl sites for hydroxylation is 1. The molecule has 2 N–H and O–H groups in total. The first-order valence-corrected chi connectivity index (χ1v) is 8.84. The van der Waals surface area contributed by atoms with Crippen LogP contribution < -0.4 is 15.4 Å². The molecule has 0 radical (unpaired) electrons. The maximum atomic E-state index is 5.51. The molecule has 0 aliphatic carbocycles. The highest BCUT2D eigenvalue weighted by Gasteiger charge is 2.10. The van der Waals surface area contributed by atoms with E-state index in [2.05, 4.69) is 27.4 Å². The first-order chi connectivity index (χ1) is 13.2. The first kappa shape index (κ1) is 18.6. The number of anilines is 1. The van der Waals surface area contributed by atoms with Crippen molar-refractivity contribution >= 4 is 23.0 Å². The Labute approximate surface area is 163 Å². The summed E-state index contributed by atoms with van der Waals surface area (Å²) in [6.07, 6.45) is 1.70. The molecule has 0 fully saturated rings. The van der Waals surface area contributed by atoms with Crippen LogP contribution in [0.25, 0.3) is 11.4 Å². The van der Waals surface area contributed by atoms with Crippen LogP contribution in [0.1, 0.15) is 11.5 Å². The predicted octanol–water partition coefficient (Wildman–Crippen LogP) is 4.10. The zero-order valence-corrected chi connectivity index (χ0v) is 15.8. The third kappa shape index (κ3) is 5.15. The normalized spacial score (nSPS) is 10.3. The maximum Gasteiger partial charge on any atom is 0.246 e. The van der Waals surface area contributed by atoms with Gasteiger partial charge in [-0.15, -0.1) is 0 Å². The SMILES string of the molecule is C=CCOc1cccc(NC(=S)NCc2nc(-c3ccccc3C)no2)c1. The van der Waals surface area contributed by atoms with E-state index in [1.807, 2.05) is 55.5 Å². The van der Waals surface area contributed by atoms with Crippen molar-refractivity contribution in [1.82, 2.24) is 15.5 Å². The van der Waals surface area contributed by atoms with Crippen LogP contribution in [0.5, 0.6) is 5.75 Å². The molecule has 27 heavy (non-hydrogen) atoms. The lowest BCUT2D eigenvalue weighted by atomic mass is 10.1. The molecule has 2 aromatic carbocycles. The van der Waals surface area contributed by atoms with Crippen LogP contribution in [-0.4, -0.2) is 21.9 Å². The summed E-state index contributed by atoms with van der Waals surface area (Å²) in [6, 6.07) is 15.4. The molecule has 0 bridgehead atoms. The van der Waals surface area contributed by atoms with E-state index >= 15 is 0 Å². The molecule has 0 amide bonds. The number of hydrogen-bond acceptors (Lipinski definition) is 5. The van der Waals surface area contributed by atoms with Gasteiger partial charge in [0.15, 0.2) is 5.11 Å². The van der Waals surface area contributed by atoms with Crippen molar-refractivity contribution in [3.63, 3.8) is 0 Å². The molecule has 0 aliphatic heterocycles. The van der Waals surface area contributed by atoms with Gasteiger partial charge in [-0.2, -0.15) is 4.98 Å². The fraction of sp³-hybridized carbons (Fsp3) is 0.150. The van der Waals surface area contributed by atoms with Crippen molar-refractivity contribution in [2.45, 2.75) is 13.5 Å². The molecular weight excluding hydrogens is 360 g/mol. The van der Waals surface area contributed by atoms with E-state index in [4.69, 9.17) is 21.5 Å². The molecule has 138 valence electrons. The Morgan fingerprint density at radius 3 is 2.93 bits per heavy atom. The van der Waals surface area contributed by atoms with Crippen LogP contribution in [0.2, 0.25) is 0 Å². The molecule has 6 nitrogen and oxygen atoms in total. The lowest BCUT2D eigenvalue weighted by Gasteiger charge is -2.10. The highest BCUT2D eigenvalue weighted by Crippen LogP contribution is 2.20. The molecule has 3 rings (SSSR count). The summed E-state index contributed by atoms with van der Waals surface area (Å²) in [4.78, 5) is 4.41. The second-order valence-corrected chi connectivity index (χ2v) is 6.17. The number of ether oxygens (including phenoxy) is 1. The maximum absolute atomic E-state index is 5.51. The topological polar surface area (TPSA) is 72.2 Å². The lowest BCUT2D eigenvalue weighted by Crippen LogP contribution is -2.28. The van der Waals surface area contributed by atoms with E-state index in [1.165, 1.54) is 0 Å². The van der Waals surface area contributed by atoms with Crippen molar-refractivity contribution in [2.75, 3.05) is 11.9 Å². The Morgan fingerprint density at radius 2 is 2.11 bits per heavy atom. The van der Waals surface area contributed by atoms with Crippen LogP contribution in [0, 0.1) is 6.92 Å². The number of aromatic nitrogens is 2. The van der Waals surface area contributed by atoms with Gasteiger partial charge in [0.2, 0.25) is 11.7 Å². The number of thiocarbonyl (C=S) groups is 1. The summed E-state index contributed by atoms with van der Waals surface area (Å²) in [5, 5.41) is 10.6. The Morgan fingerprint density at radius 1 is 1.26 bits per heavy atom. The second-order valence-electron chi connectivity index (χ2n) is 5.76. The largest absolute Gasteiger partial charge is 0.489 e. The van der Waals surface area contributed by atoms with Crippen LogP contribution in [0.15, 0.2) is 65.7 Å². The molecule has 1 aromatic heterocycles. The van der Waals surface area contributed by atoms with Gasteiger partial charge in [0.05, 0.1) is 6.54 Å². The van der Waals surface area contributed by atoms with E-state index < -0.39 is 0 Å². The molecule has 3 aromatic rings. The zero-order chi connectivity index (χ0) is 19.1. The summed E-state index contributed by atoms with van der Waals surface area (Å²) in [7, 11) is 0. The van der Waals surface area contributed by atoms with E-state index in [-0.39, 0.29) is 0 Å². The van der Waals surface area contributed by atoms with Gasteiger partial charge in [-0.25, -0.2) is 0 Å². The molecule has 0 saturated heterocycles. The number of nitrogens with one attached hydrogen (secondary N) is 2. The number of nitrogens with zero attached hydrogens (tertiary/aromatic N) is 2. The summed E-state index contributed by atoms with van der Waals surface area (Å²) in [5.41, 5.74) is 2.86. The summed E-state index contributed by atoms with van der Waals surface area (Å²) < 4.78 is 10.8. The number of rotatable bonds is 7. The standard InChI is InChI=1S/C20H20N4O2S/c1-3-11-25-16-9-6-8-15(12-16)22-20(27)21-13-18-23-19(24-26-18)17-10-5-4-7-14(17)2/h3-10,12H,1,11,13H2,2H3,(H2,21,22,27). The molecule has 7 heteroatoms. The smallest absolute Gasteiger partial charge is 0.246 e.